The molecule has 0 N–H and O–H groups in total. The molecule has 2 aliphatic heterocycles. The lowest BCUT2D eigenvalue weighted by Crippen LogP contribution is -2.45. The molecule has 0 atom stereocenters. The fraction of sp³-hybridized carbons (Fsp3) is 0.588. The third-order valence-corrected chi connectivity index (χ3v) is 6.16. The van der Waals surface area contributed by atoms with Gasteiger partial charge in [-0.3, -0.25) is 0 Å². The Balaban J connectivity index is 1.56. The maximum Gasteiger partial charge on any atom is 0.209 e. The Morgan fingerprint density at radius 3 is 2.78 bits per heavy atom. The topological polar surface area (TPSA) is 35.8 Å². The van der Waals surface area contributed by atoms with Gasteiger partial charge in [0.1, 0.15) is 0 Å². The van der Waals surface area contributed by atoms with Gasteiger partial charge >= 0.3 is 0 Å². The third-order valence-electron chi connectivity index (χ3n) is 5.60. The van der Waals surface area contributed by atoms with E-state index in [2.05, 4.69) is 27.8 Å². The smallest absolute Gasteiger partial charge is 0.209 e. The molecule has 23 heavy (non-hydrogen) atoms. The summed E-state index contributed by atoms with van der Waals surface area (Å²) in [5, 5.41) is 0. The van der Waals surface area contributed by atoms with Gasteiger partial charge in [0.05, 0.1) is 28.5 Å². The van der Waals surface area contributed by atoms with E-state index in [-0.39, 0.29) is 28.7 Å². The molecule has 2 aliphatic carbocycles. The van der Waals surface area contributed by atoms with E-state index in [1.54, 1.807) is 4.40 Å². The quantitative estimate of drug-likeness (QED) is 0.807. The largest absolute Gasteiger partial charge is 0.486 e. The van der Waals surface area contributed by atoms with Gasteiger partial charge in [0.15, 0.2) is 11.4 Å². The normalized spacial score (nSPS) is 32.8. The van der Waals surface area contributed by atoms with Gasteiger partial charge in [0, 0.05) is 17.8 Å². The van der Waals surface area contributed by atoms with E-state index in [0.717, 1.165) is 37.8 Å². The number of aromatic nitrogens is 2. The van der Waals surface area contributed by atoms with Crippen LogP contribution in [-0.4, -0.2) is 27.7 Å². The Morgan fingerprint density at radius 1 is 1.39 bits per heavy atom. The molecule has 2 saturated heterocycles. The molecule has 2 aromatic rings. The van der Waals surface area contributed by atoms with Gasteiger partial charge in [-0.05, 0) is 55.0 Å². The Hall–Kier alpha value is -1.14. The molecule has 122 valence electrons. The van der Waals surface area contributed by atoms with E-state index < -0.39 is 0 Å². The zero-order valence-corrected chi connectivity index (χ0v) is 14.5. The van der Waals surface area contributed by atoms with E-state index in [1.807, 2.05) is 12.4 Å². The summed E-state index contributed by atoms with van der Waals surface area (Å²) >= 11 is 3.44. The van der Waals surface area contributed by atoms with Crippen molar-refractivity contribution >= 4 is 21.6 Å². The van der Waals surface area contributed by atoms with Gasteiger partial charge in [-0.15, -0.1) is 0 Å². The van der Waals surface area contributed by atoms with Gasteiger partial charge in [-0.25, -0.2) is 4.98 Å². The summed E-state index contributed by atoms with van der Waals surface area (Å²) in [6.07, 6.45) is 8.99. The van der Waals surface area contributed by atoms with E-state index in [9.17, 15) is 4.39 Å². The number of hydrogen-bond acceptors (Lipinski definition) is 3. The monoisotopic (exact) mass is 380 g/mol. The lowest BCUT2D eigenvalue weighted by molar-refractivity contribution is 0.0154. The predicted molar refractivity (Wildman–Crippen MR) is 86.4 cm³/mol. The van der Waals surface area contributed by atoms with Gasteiger partial charge in [0.25, 0.3) is 0 Å². The minimum Gasteiger partial charge on any atom is -0.486 e. The van der Waals surface area contributed by atoms with Crippen LogP contribution in [0, 0.1) is 5.82 Å². The van der Waals surface area contributed by atoms with Gasteiger partial charge in [-0.1, -0.05) is 0 Å². The van der Waals surface area contributed by atoms with Crippen molar-refractivity contribution in [3.05, 3.63) is 28.4 Å². The number of pyridine rings is 1. The lowest BCUT2D eigenvalue weighted by atomic mass is 9.62. The van der Waals surface area contributed by atoms with Crippen molar-refractivity contribution in [3.63, 3.8) is 0 Å². The first-order valence-electron chi connectivity index (χ1n) is 8.16. The second-order valence-electron chi connectivity index (χ2n) is 7.52. The summed E-state index contributed by atoms with van der Waals surface area (Å²) in [5.41, 5.74) is 1.23. The molecule has 0 spiro atoms. The van der Waals surface area contributed by atoms with Crippen LogP contribution in [0.2, 0.25) is 0 Å². The molecule has 2 aromatic heterocycles. The highest BCUT2D eigenvalue weighted by Crippen LogP contribution is 2.58. The average Bonchev–Trinajstić information content (AvgIpc) is 3.07. The maximum absolute atomic E-state index is 14.9. The SMILES string of the molecule is CC12CC(c3cn4cc(Br)c(OC5CCC5)c(F)c4n3)(CO1)C2. The summed E-state index contributed by atoms with van der Waals surface area (Å²) < 4.78 is 28.9. The molecule has 4 aliphatic rings. The zero-order valence-electron chi connectivity index (χ0n) is 12.9. The lowest BCUT2D eigenvalue weighted by Gasteiger charge is -2.41. The fourth-order valence-corrected chi connectivity index (χ4v) is 4.70. The van der Waals surface area contributed by atoms with Crippen LogP contribution in [-0.2, 0) is 10.2 Å². The number of halogens is 2. The summed E-state index contributed by atoms with van der Waals surface area (Å²) in [7, 11) is 0. The minimum absolute atomic E-state index is 0.00652. The minimum atomic E-state index is -0.380. The Morgan fingerprint density at radius 2 is 2.17 bits per heavy atom. The van der Waals surface area contributed by atoms with Crippen LogP contribution < -0.4 is 4.74 Å². The van der Waals surface area contributed by atoms with Crippen LogP contribution in [0.25, 0.3) is 5.65 Å². The number of hydrogen-bond donors (Lipinski definition) is 0. The zero-order chi connectivity index (χ0) is 15.8. The van der Waals surface area contributed by atoms with Crippen molar-refractivity contribution in [1.29, 1.82) is 0 Å². The highest BCUT2D eigenvalue weighted by atomic mass is 79.9. The highest BCUT2D eigenvalue weighted by Gasteiger charge is 2.61. The molecular formula is C17H18BrFN2O2. The first kappa shape index (κ1) is 14.2. The van der Waals surface area contributed by atoms with Crippen molar-refractivity contribution in [1.82, 2.24) is 9.38 Å². The fourth-order valence-electron chi connectivity index (χ4n) is 4.21. The molecule has 0 radical (unpaired) electrons. The summed E-state index contributed by atoms with van der Waals surface area (Å²) in [4.78, 5) is 4.60. The van der Waals surface area contributed by atoms with Crippen LogP contribution in [0.4, 0.5) is 4.39 Å². The molecule has 4 nitrogen and oxygen atoms in total. The molecule has 0 amide bonds. The van der Waals surface area contributed by atoms with Crippen LogP contribution in [0.1, 0.15) is 44.7 Å². The standard InChI is InChI=1S/C17H18BrFN2O2/c1-16-7-17(8-16,9-22-16)12-6-21-5-11(18)14(13(19)15(21)20-12)23-10-3-2-4-10/h5-6,10H,2-4,7-9H2,1H3. The van der Waals surface area contributed by atoms with Crippen LogP contribution in [0.3, 0.4) is 0 Å². The van der Waals surface area contributed by atoms with Crippen molar-refractivity contribution in [2.24, 2.45) is 0 Å². The summed E-state index contributed by atoms with van der Waals surface area (Å²) in [6.45, 7) is 2.82. The predicted octanol–water partition coefficient (Wildman–Crippen LogP) is 3.99. The molecule has 0 unspecified atom stereocenters. The number of ether oxygens (including phenoxy) is 2. The number of fused-ring (bicyclic) bond motifs is 2. The second kappa shape index (κ2) is 4.48. The molecular weight excluding hydrogens is 363 g/mol. The molecule has 2 bridgehead atoms. The Labute approximate surface area is 142 Å². The van der Waals surface area contributed by atoms with E-state index >= 15 is 0 Å². The third kappa shape index (κ3) is 1.94. The van der Waals surface area contributed by atoms with Crippen molar-refractivity contribution in [2.45, 2.75) is 56.1 Å². The molecule has 6 rings (SSSR count). The summed E-state index contributed by atoms with van der Waals surface area (Å²) in [6, 6.07) is 0. The molecule has 2 saturated carbocycles. The van der Waals surface area contributed by atoms with Gasteiger partial charge < -0.3 is 13.9 Å². The second-order valence-corrected chi connectivity index (χ2v) is 8.37. The Bertz CT molecular complexity index is 809. The number of imidazole rings is 1. The Kier molecular flexibility index (Phi) is 2.77. The van der Waals surface area contributed by atoms with Crippen LogP contribution in [0.5, 0.6) is 5.75 Å². The summed E-state index contributed by atoms with van der Waals surface area (Å²) in [5.74, 6) is -0.0899. The molecule has 4 fully saturated rings. The average molecular weight is 381 g/mol. The maximum atomic E-state index is 14.9. The van der Waals surface area contributed by atoms with E-state index in [0.29, 0.717) is 16.7 Å². The number of nitrogens with zero attached hydrogens (tertiary/aromatic N) is 2. The first-order chi connectivity index (χ1) is 11.0. The number of rotatable bonds is 3. The van der Waals surface area contributed by atoms with Crippen molar-refractivity contribution < 1.29 is 13.9 Å². The van der Waals surface area contributed by atoms with Crippen LogP contribution >= 0.6 is 15.9 Å². The van der Waals surface area contributed by atoms with E-state index in [1.165, 1.54) is 0 Å². The molecule has 6 heteroatoms. The van der Waals surface area contributed by atoms with E-state index in [4.69, 9.17) is 9.47 Å². The molecule has 4 heterocycles. The first-order valence-corrected chi connectivity index (χ1v) is 8.95. The van der Waals surface area contributed by atoms with Crippen molar-refractivity contribution in [3.8, 4) is 5.75 Å². The van der Waals surface area contributed by atoms with Crippen LogP contribution in [0.15, 0.2) is 16.9 Å². The molecule has 0 aromatic carbocycles. The highest BCUT2D eigenvalue weighted by molar-refractivity contribution is 9.10. The van der Waals surface area contributed by atoms with Gasteiger partial charge in [-0.2, -0.15) is 4.39 Å². The van der Waals surface area contributed by atoms with Crippen molar-refractivity contribution in [2.75, 3.05) is 6.61 Å². The van der Waals surface area contributed by atoms with Gasteiger partial charge in [0.2, 0.25) is 5.82 Å².